The van der Waals surface area contributed by atoms with Gasteiger partial charge in [-0.1, -0.05) is 6.07 Å². The third-order valence-corrected chi connectivity index (χ3v) is 4.28. The van der Waals surface area contributed by atoms with Crippen LogP contribution in [-0.2, 0) is 13.2 Å². The molecule has 19 heavy (non-hydrogen) atoms. The van der Waals surface area contributed by atoms with Gasteiger partial charge in [0.1, 0.15) is 12.4 Å². The number of benzene rings is 1. The van der Waals surface area contributed by atoms with Crippen molar-refractivity contribution in [2.45, 2.75) is 32.0 Å². The minimum Gasteiger partial charge on any atom is -0.486 e. The highest BCUT2D eigenvalue weighted by Gasteiger charge is 2.19. The van der Waals surface area contributed by atoms with Crippen molar-refractivity contribution >= 4 is 27.3 Å². The summed E-state index contributed by atoms with van der Waals surface area (Å²) >= 11 is 5.15. The molecular weight excluding hydrogens is 324 g/mol. The number of rotatable bonds is 6. The van der Waals surface area contributed by atoms with Gasteiger partial charge in [-0.25, -0.2) is 4.98 Å². The SMILES string of the molecule is Brc1cc(CNC2CC2)ccc1OCc1cscn1. The smallest absolute Gasteiger partial charge is 0.134 e. The molecule has 1 aromatic carbocycles. The fraction of sp³-hybridized carbons (Fsp3) is 0.357. The molecule has 0 radical (unpaired) electrons. The average Bonchev–Trinajstić information content (AvgIpc) is 3.10. The maximum Gasteiger partial charge on any atom is 0.134 e. The molecule has 0 atom stereocenters. The first-order chi connectivity index (χ1) is 9.31. The standard InChI is InChI=1S/C14H15BrN2OS/c15-13-5-10(6-16-11-2-3-11)1-4-14(13)18-7-12-8-19-9-17-12/h1,4-5,8-9,11,16H,2-3,6-7H2. The van der Waals surface area contributed by atoms with Crippen molar-refractivity contribution in [3.63, 3.8) is 0 Å². The van der Waals surface area contributed by atoms with Crippen LogP contribution in [0.3, 0.4) is 0 Å². The van der Waals surface area contributed by atoms with Gasteiger partial charge in [-0.15, -0.1) is 11.3 Å². The zero-order valence-corrected chi connectivity index (χ0v) is 12.8. The maximum absolute atomic E-state index is 5.75. The van der Waals surface area contributed by atoms with E-state index >= 15 is 0 Å². The predicted octanol–water partition coefficient (Wildman–Crippen LogP) is 3.74. The molecule has 1 heterocycles. The van der Waals surface area contributed by atoms with Crippen molar-refractivity contribution in [1.29, 1.82) is 0 Å². The second kappa shape index (κ2) is 6.03. The molecule has 0 saturated heterocycles. The van der Waals surface area contributed by atoms with Gasteiger partial charge in [-0.3, -0.25) is 0 Å². The highest BCUT2D eigenvalue weighted by atomic mass is 79.9. The third kappa shape index (κ3) is 3.78. The van der Waals surface area contributed by atoms with Gasteiger partial charge in [0.25, 0.3) is 0 Å². The molecule has 3 rings (SSSR count). The molecule has 1 aromatic heterocycles. The summed E-state index contributed by atoms with van der Waals surface area (Å²) in [5.41, 5.74) is 4.07. The molecule has 5 heteroatoms. The first-order valence-electron chi connectivity index (χ1n) is 6.33. The summed E-state index contributed by atoms with van der Waals surface area (Å²) in [4.78, 5) is 4.20. The zero-order chi connectivity index (χ0) is 13.1. The summed E-state index contributed by atoms with van der Waals surface area (Å²) in [5, 5.41) is 5.51. The highest BCUT2D eigenvalue weighted by Crippen LogP contribution is 2.27. The van der Waals surface area contributed by atoms with Crippen molar-refractivity contribution in [3.05, 3.63) is 44.8 Å². The fourth-order valence-corrected chi connectivity index (χ4v) is 2.87. The van der Waals surface area contributed by atoms with Gasteiger partial charge in [0.05, 0.1) is 15.7 Å². The Bertz CT molecular complexity index is 540. The van der Waals surface area contributed by atoms with Gasteiger partial charge < -0.3 is 10.1 Å². The molecule has 1 aliphatic rings. The summed E-state index contributed by atoms with van der Waals surface area (Å²) in [7, 11) is 0. The number of hydrogen-bond donors (Lipinski definition) is 1. The van der Waals surface area contributed by atoms with Crippen molar-refractivity contribution in [2.24, 2.45) is 0 Å². The van der Waals surface area contributed by atoms with E-state index in [4.69, 9.17) is 4.74 Å². The molecule has 1 aliphatic carbocycles. The van der Waals surface area contributed by atoms with Crippen LogP contribution in [0.15, 0.2) is 33.6 Å². The van der Waals surface area contributed by atoms with Crippen molar-refractivity contribution in [3.8, 4) is 5.75 Å². The quantitative estimate of drug-likeness (QED) is 0.871. The monoisotopic (exact) mass is 338 g/mol. The van der Waals surface area contributed by atoms with Crippen molar-refractivity contribution in [1.82, 2.24) is 10.3 Å². The molecule has 0 unspecified atom stereocenters. The Labute approximate surface area is 125 Å². The van der Waals surface area contributed by atoms with Crippen LogP contribution in [0.1, 0.15) is 24.1 Å². The van der Waals surface area contributed by atoms with E-state index in [1.54, 1.807) is 11.3 Å². The first kappa shape index (κ1) is 13.1. The Kier molecular flexibility index (Phi) is 4.15. The Hall–Kier alpha value is -0.910. The first-order valence-corrected chi connectivity index (χ1v) is 8.06. The van der Waals surface area contributed by atoms with Crippen LogP contribution in [0.4, 0.5) is 0 Å². The average molecular weight is 339 g/mol. The molecule has 1 fully saturated rings. The Morgan fingerprint density at radius 2 is 2.32 bits per heavy atom. The second-order valence-electron chi connectivity index (χ2n) is 4.69. The topological polar surface area (TPSA) is 34.1 Å². The molecule has 0 amide bonds. The van der Waals surface area contributed by atoms with Crippen LogP contribution >= 0.6 is 27.3 Å². The third-order valence-electron chi connectivity index (χ3n) is 3.03. The van der Waals surface area contributed by atoms with E-state index in [1.807, 2.05) is 17.0 Å². The normalized spacial score (nSPS) is 14.6. The van der Waals surface area contributed by atoms with Gasteiger partial charge in [0.2, 0.25) is 0 Å². The minimum atomic E-state index is 0.516. The van der Waals surface area contributed by atoms with E-state index in [2.05, 4.69) is 38.4 Å². The van der Waals surface area contributed by atoms with Crippen molar-refractivity contribution in [2.75, 3.05) is 0 Å². The Balaban J connectivity index is 1.58. The van der Waals surface area contributed by atoms with Gasteiger partial charge in [0.15, 0.2) is 0 Å². The molecule has 100 valence electrons. The van der Waals surface area contributed by atoms with E-state index in [1.165, 1.54) is 18.4 Å². The molecule has 0 aliphatic heterocycles. The van der Waals surface area contributed by atoms with E-state index < -0.39 is 0 Å². The van der Waals surface area contributed by atoms with Gasteiger partial charge >= 0.3 is 0 Å². The number of ether oxygens (including phenoxy) is 1. The number of halogens is 1. The lowest BCUT2D eigenvalue weighted by atomic mass is 10.2. The molecule has 2 aromatic rings. The molecule has 1 N–H and O–H groups in total. The lowest BCUT2D eigenvalue weighted by Crippen LogP contribution is -2.15. The van der Waals surface area contributed by atoms with Crippen LogP contribution in [0, 0.1) is 0 Å². The van der Waals surface area contributed by atoms with Gasteiger partial charge in [-0.05, 0) is 46.5 Å². The largest absolute Gasteiger partial charge is 0.486 e. The predicted molar refractivity (Wildman–Crippen MR) is 80.4 cm³/mol. The number of nitrogens with zero attached hydrogens (tertiary/aromatic N) is 1. The minimum absolute atomic E-state index is 0.516. The summed E-state index contributed by atoms with van der Waals surface area (Å²) in [5.74, 6) is 0.864. The maximum atomic E-state index is 5.75. The van der Waals surface area contributed by atoms with Crippen LogP contribution in [-0.4, -0.2) is 11.0 Å². The lowest BCUT2D eigenvalue weighted by molar-refractivity contribution is 0.300. The summed E-state index contributed by atoms with van der Waals surface area (Å²) in [6, 6.07) is 6.97. The van der Waals surface area contributed by atoms with E-state index in [9.17, 15) is 0 Å². The highest BCUT2D eigenvalue weighted by molar-refractivity contribution is 9.10. The zero-order valence-electron chi connectivity index (χ0n) is 10.4. The number of nitrogens with one attached hydrogen (secondary N) is 1. The fourth-order valence-electron chi connectivity index (χ4n) is 1.78. The summed E-state index contributed by atoms with van der Waals surface area (Å²) < 4.78 is 6.75. The number of hydrogen-bond acceptors (Lipinski definition) is 4. The van der Waals surface area contributed by atoms with Crippen LogP contribution in [0.2, 0.25) is 0 Å². The van der Waals surface area contributed by atoms with Gasteiger partial charge in [-0.2, -0.15) is 0 Å². The summed E-state index contributed by atoms with van der Waals surface area (Å²) in [6.45, 7) is 1.44. The molecule has 1 saturated carbocycles. The van der Waals surface area contributed by atoms with Crippen LogP contribution < -0.4 is 10.1 Å². The van der Waals surface area contributed by atoms with Crippen molar-refractivity contribution < 1.29 is 4.74 Å². The second-order valence-corrected chi connectivity index (χ2v) is 6.26. The Morgan fingerprint density at radius 3 is 3.00 bits per heavy atom. The lowest BCUT2D eigenvalue weighted by Gasteiger charge is -2.09. The van der Waals surface area contributed by atoms with E-state index in [0.717, 1.165) is 28.5 Å². The van der Waals surface area contributed by atoms with E-state index in [-0.39, 0.29) is 0 Å². The molecule has 3 nitrogen and oxygen atoms in total. The molecular formula is C14H15BrN2OS. The Morgan fingerprint density at radius 1 is 1.42 bits per heavy atom. The van der Waals surface area contributed by atoms with E-state index in [0.29, 0.717) is 6.61 Å². The number of aromatic nitrogens is 1. The van der Waals surface area contributed by atoms with Crippen LogP contribution in [0.5, 0.6) is 5.75 Å². The summed E-state index contributed by atoms with van der Waals surface area (Å²) in [6.07, 6.45) is 2.63. The molecule has 0 spiro atoms. The van der Waals surface area contributed by atoms with Crippen LogP contribution in [0.25, 0.3) is 0 Å². The molecule has 0 bridgehead atoms. The van der Waals surface area contributed by atoms with Gasteiger partial charge in [0, 0.05) is 18.0 Å². The number of thiazole rings is 1.